The number of ether oxygens (including phenoxy) is 2. The van der Waals surface area contributed by atoms with Crippen molar-refractivity contribution < 1.29 is 14.6 Å². The predicted molar refractivity (Wildman–Crippen MR) is 54.8 cm³/mol. The molecular formula is C8H11BrO3S. The van der Waals surface area contributed by atoms with Gasteiger partial charge in [-0.2, -0.15) is 11.3 Å². The van der Waals surface area contributed by atoms with E-state index in [-0.39, 0.29) is 0 Å². The number of halogens is 1. The predicted octanol–water partition coefficient (Wildman–Crippen LogP) is 2.16. The van der Waals surface area contributed by atoms with Gasteiger partial charge in [-0.1, -0.05) is 0 Å². The van der Waals surface area contributed by atoms with E-state index in [1.54, 1.807) is 0 Å². The first-order valence-corrected chi connectivity index (χ1v) is 5.39. The van der Waals surface area contributed by atoms with Gasteiger partial charge in [0.15, 0.2) is 6.29 Å². The number of aliphatic hydroxyl groups is 1. The topological polar surface area (TPSA) is 38.7 Å². The van der Waals surface area contributed by atoms with Crippen LogP contribution in [0.15, 0.2) is 15.2 Å². The fraction of sp³-hybridized carbons (Fsp3) is 0.500. The minimum absolute atomic E-state index is 0.620. The number of hydrogen-bond acceptors (Lipinski definition) is 4. The first-order valence-electron chi connectivity index (χ1n) is 3.66. The van der Waals surface area contributed by atoms with E-state index < -0.39 is 12.4 Å². The van der Waals surface area contributed by atoms with Crippen LogP contribution in [0.2, 0.25) is 0 Å². The largest absolute Gasteiger partial charge is 0.383 e. The second kappa shape index (κ2) is 5.07. The van der Waals surface area contributed by atoms with E-state index in [2.05, 4.69) is 15.9 Å². The van der Waals surface area contributed by atoms with Crippen molar-refractivity contribution in [3.8, 4) is 0 Å². The Bertz CT molecular complexity index is 260. The Morgan fingerprint density at radius 3 is 2.38 bits per heavy atom. The molecule has 0 fully saturated rings. The van der Waals surface area contributed by atoms with Crippen molar-refractivity contribution in [3.63, 3.8) is 0 Å². The second-order valence-electron chi connectivity index (χ2n) is 2.46. The zero-order valence-electron chi connectivity index (χ0n) is 7.36. The van der Waals surface area contributed by atoms with Crippen LogP contribution in [0.4, 0.5) is 0 Å². The maximum absolute atomic E-state index is 9.78. The molecule has 0 saturated carbocycles. The molecule has 1 N–H and O–H groups in total. The molecule has 0 radical (unpaired) electrons. The van der Waals surface area contributed by atoms with Gasteiger partial charge < -0.3 is 14.6 Å². The van der Waals surface area contributed by atoms with Crippen LogP contribution in [0.1, 0.15) is 11.7 Å². The summed E-state index contributed by atoms with van der Waals surface area (Å²) in [6.07, 6.45) is -1.37. The first kappa shape index (κ1) is 11.1. The van der Waals surface area contributed by atoms with Crippen molar-refractivity contribution in [1.82, 2.24) is 0 Å². The molecule has 0 aliphatic rings. The fourth-order valence-electron chi connectivity index (χ4n) is 1.00. The van der Waals surface area contributed by atoms with Crippen molar-refractivity contribution in [2.24, 2.45) is 0 Å². The highest BCUT2D eigenvalue weighted by Crippen LogP contribution is 2.30. The van der Waals surface area contributed by atoms with Crippen molar-refractivity contribution >= 4 is 27.3 Å². The van der Waals surface area contributed by atoms with E-state index in [9.17, 15) is 5.11 Å². The third kappa shape index (κ3) is 2.51. The molecule has 0 bridgehead atoms. The van der Waals surface area contributed by atoms with Crippen LogP contribution in [0.25, 0.3) is 0 Å². The lowest BCUT2D eigenvalue weighted by Crippen LogP contribution is -2.22. The van der Waals surface area contributed by atoms with Gasteiger partial charge in [-0.05, 0) is 21.3 Å². The summed E-state index contributed by atoms with van der Waals surface area (Å²) in [4.78, 5) is 0. The molecule has 0 aliphatic heterocycles. The van der Waals surface area contributed by atoms with Crippen LogP contribution < -0.4 is 0 Å². The van der Waals surface area contributed by atoms with Crippen molar-refractivity contribution in [2.75, 3.05) is 14.2 Å². The average molecular weight is 267 g/mol. The molecule has 0 saturated heterocycles. The van der Waals surface area contributed by atoms with Gasteiger partial charge in [0.1, 0.15) is 6.10 Å². The summed E-state index contributed by atoms with van der Waals surface area (Å²) in [5.74, 6) is 0. The highest BCUT2D eigenvalue weighted by Gasteiger charge is 2.22. The molecule has 5 heteroatoms. The average Bonchev–Trinajstić information content (AvgIpc) is 2.53. The zero-order valence-corrected chi connectivity index (χ0v) is 9.76. The molecule has 0 aliphatic carbocycles. The van der Waals surface area contributed by atoms with Gasteiger partial charge in [0.2, 0.25) is 0 Å². The molecule has 1 unspecified atom stereocenters. The van der Waals surface area contributed by atoms with Gasteiger partial charge in [0.05, 0.1) is 0 Å². The number of hydrogen-bond donors (Lipinski definition) is 1. The Morgan fingerprint density at radius 2 is 2.00 bits per heavy atom. The Kier molecular flexibility index (Phi) is 4.34. The third-order valence-corrected chi connectivity index (χ3v) is 3.43. The lowest BCUT2D eigenvalue weighted by Gasteiger charge is -2.19. The van der Waals surface area contributed by atoms with Crippen LogP contribution in [-0.4, -0.2) is 25.6 Å². The summed E-state index contributed by atoms with van der Waals surface area (Å²) in [6.45, 7) is 0. The molecule has 74 valence electrons. The molecule has 1 rings (SSSR count). The first-order chi connectivity index (χ1) is 6.20. The van der Waals surface area contributed by atoms with Crippen molar-refractivity contribution in [2.45, 2.75) is 12.4 Å². The molecule has 0 spiro atoms. The minimum Gasteiger partial charge on any atom is -0.383 e. The summed E-state index contributed by atoms with van der Waals surface area (Å²) in [5.41, 5.74) is 0.790. The SMILES string of the molecule is COC(OC)C(O)c1cscc1Br. The minimum atomic E-state index is -0.754. The van der Waals surface area contributed by atoms with Crippen LogP contribution >= 0.6 is 27.3 Å². The van der Waals surface area contributed by atoms with E-state index in [0.29, 0.717) is 0 Å². The zero-order chi connectivity index (χ0) is 9.84. The molecule has 13 heavy (non-hydrogen) atoms. The summed E-state index contributed by atoms with van der Waals surface area (Å²) < 4.78 is 10.8. The van der Waals surface area contributed by atoms with Gasteiger partial charge in [-0.15, -0.1) is 0 Å². The molecular weight excluding hydrogens is 256 g/mol. The van der Waals surface area contributed by atoms with Gasteiger partial charge in [0, 0.05) is 29.6 Å². The van der Waals surface area contributed by atoms with E-state index in [1.807, 2.05) is 10.8 Å². The number of rotatable bonds is 4. The van der Waals surface area contributed by atoms with E-state index >= 15 is 0 Å². The highest BCUT2D eigenvalue weighted by molar-refractivity contribution is 9.10. The molecule has 0 aromatic carbocycles. The van der Waals surface area contributed by atoms with E-state index in [4.69, 9.17) is 9.47 Å². The van der Waals surface area contributed by atoms with Crippen molar-refractivity contribution in [1.29, 1.82) is 0 Å². The Hall–Kier alpha value is 0.0600. The van der Waals surface area contributed by atoms with Crippen LogP contribution in [0.5, 0.6) is 0 Å². The monoisotopic (exact) mass is 266 g/mol. The van der Waals surface area contributed by atoms with Gasteiger partial charge in [-0.3, -0.25) is 0 Å². The maximum atomic E-state index is 9.78. The normalized spacial score (nSPS) is 13.6. The Balaban J connectivity index is 2.77. The number of aliphatic hydroxyl groups excluding tert-OH is 1. The standard InChI is InChI=1S/C8H11BrO3S/c1-11-8(12-2)7(10)5-3-13-4-6(5)9/h3-4,7-8,10H,1-2H3. The summed E-state index contributed by atoms with van der Waals surface area (Å²) in [6, 6.07) is 0. The molecule has 3 nitrogen and oxygen atoms in total. The van der Waals surface area contributed by atoms with Crippen LogP contribution in [0.3, 0.4) is 0 Å². The Morgan fingerprint density at radius 1 is 1.38 bits per heavy atom. The molecule has 1 atom stereocenters. The van der Waals surface area contributed by atoms with Gasteiger partial charge in [-0.25, -0.2) is 0 Å². The van der Waals surface area contributed by atoms with E-state index in [0.717, 1.165) is 10.0 Å². The Labute approximate surface area is 89.4 Å². The summed E-state index contributed by atoms with van der Waals surface area (Å²) in [5, 5.41) is 13.5. The molecule has 1 aromatic rings. The molecule has 1 aromatic heterocycles. The number of thiophene rings is 1. The third-order valence-electron chi connectivity index (χ3n) is 1.68. The van der Waals surface area contributed by atoms with Crippen LogP contribution in [-0.2, 0) is 9.47 Å². The van der Waals surface area contributed by atoms with Gasteiger partial charge >= 0.3 is 0 Å². The fourth-order valence-corrected chi connectivity index (χ4v) is 2.56. The summed E-state index contributed by atoms with van der Waals surface area (Å²) >= 11 is 4.85. The quantitative estimate of drug-likeness (QED) is 0.850. The van der Waals surface area contributed by atoms with Gasteiger partial charge in [0.25, 0.3) is 0 Å². The maximum Gasteiger partial charge on any atom is 0.187 e. The molecule has 1 heterocycles. The summed E-state index contributed by atoms with van der Waals surface area (Å²) in [7, 11) is 3.00. The second-order valence-corrected chi connectivity index (χ2v) is 4.06. The molecule has 0 amide bonds. The lowest BCUT2D eigenvalue weighted by molar-refractivity contribution is -0.166. The number of methoxy groups -OCH3 is 2. The van der Waals surface area contributed by atoms with Crippen LogP contribution in [0, 0.1) is 0 Å². The smallest absolute Gasteiger partial charge is 0.187 e. The highest BCUT2D eigenvalue weighted by atomic mass is 79.9. The van der Waals surface area contributed by atoms with E-state index in [1.165, 1.54) is 25.6 Å². The lowest BCUT2D eigenvalue weighted by atomic mass is 10.2. The van der Waals surface area contributed by atoms with Crippen molar-refractivity contribution in [3.05, 3.63) is 20.8 Å².